The second-order valence-electron chi connectivity index (χ2n) is 2.78. The van der Waals surface area contributed by atoms with E-state index in [1.165, 1.54) is 14.0 Å². The number of benzene rings is 1. The number of rotatable bonds is 2. The minimum Gasteiger partial charge on any atom is -0.495 e. The van der Waals surface area contributed by atoms with E-state index in [-0.39, 0.29) is 15.8 Å². The van der Waals surface area contributed by atoms with Crippen molar-refractivity contribution in [3.63, 3.8) is 0 Å². The van der Waals surface area contributed by atoms with E-state index in [0.29, 0.717) is 0 Å². The van der Waals surface area contributed by atoms with Crippen LogP contribution in [0.15, 0.2) is 10.5 Å². The highest BCUT2D eigenvalue weighted by molar-refractivity contribution is 9.10. The van der Waals surface area contributed by atoms with Gasteiger partial charge in [-0.3, -0.25) is 0 Å². The molecule has 0 aliphatic heterocycles. The Kier molecular flexibility index (Phi) is 3.44. The summed E-state index contributed by atoms with van der Waals surface area (Å²) < 4.78 is 31.4. The van der Waals surface area contributed by atoms with Gasteiger partial charge in [0.25, 0.3) is 0 Å². The molecule has 0 saturated heterocycles. The van der Waals surface area contributed by atoms with Crippen LogP contribution in [-0.2, 0) is 0 Å². The van der Waals surface area contributed by atoms with Crippen LogP contribution in [0.1, 0.15) is 18.6 Å². The lowest BCUT2D eigenvalue weighted by molar-refractivity contribution is 0.188. The number of ether oxygens (including phenoxy) is 1. The van der Waals surface area contributed by atoms with Crippen LogP contribution in [0.25, 0.3) is 0 Å². The standard InChI is InChI=1S/C9H9BrF2O2/c1-4(13)7-5(11)3-6(14-2)8(10)9(7)12/h3-4,13H,1-2H3. The highest BCUT2D eigenvalue weighted by atomic mass is 79.9. The Morgan fingerprint density at radius 2 is 2.07 bits per heavy atom. The third kappa shape index (κ3) is 1.88. The number of hydrogen-bond acceptors (Lipinski definition) is 2. The fourth-order valence-corrected chi connectivity index (χ4v) is 1.61. The molecule has 0 amide bonds. The molecule has 0 spiro atoms. The Bertz CT molecular complexity index is 353. The van der Waals surface area contributed by atoms with Crippen molar-refractivity contribution in [2.75, 3.05) is 7.11 Å². The number of aliphatic hydroxyl groups excluding tert-OH is 1. The quantitative estimate of drug-likeness (QED) is 0.835. The summed E-state index contributed by atoms with van der Waals surface area (Å²) in [7, 11) is 1.31. The van der Waals surface area contributed by atoms with E-state index in [2.05, 4.69) is 15.9 Å². The summed E-state index contributed by atoms with van der Waals surface area (Å²) in [5.41, 5.74) is -0.363. The summed E-state index contributed by atoms with van der Waals surface area (Å²) >= 11 is 2.92. The lowest BCUT2D eigenvalue weighted by atomic mass is 10.1. The molecule has 0 bridgehead atoms. The van der Waals surface area contributed by atoms with Crippen molar-refractivity contribution in [1.29, 1.82) is 0 Å². The van der Waals surface area contributed by atoms with E-state index in [1.807, 2.05) is 0 Å². The van der Waals surface area contributed by atoms with Gasteiger partial charge < -0.3 is 9.84 Å². The Hall–Kier alpha value is -0.680. The smallest absolute Gasteiger partial charge is 0.149 e. The van der Waals surface area contributed by atoms with Crippen molar-refractivity contribution in [1.82, 2.24) is 0 Å². The Labute approximate surface area is 88.6 Å². The van der Waals surface area contributed by atoms with Gasteiger partial charge in [0.1, 0.15) is 17.4 Å². The van der Waals surface area contributed by atoms with Gasteiger partial charge in [0.05, 0.1) is 23.2 Å². The van der Waals surface area contributed by atoms with E-state index in [9.17, 15) is 8.78 Å². The van der Waals surface area contributed by atoms with Crippen molar-refractivity contribution < 1.29 is 18.6 Å². The zero-order valence-electron chi connectivity index (χ0n) is 7.64. The van der Waals surface area contributed by atoms with E-state index in [1.54, 1.807) is 0 Å². The van der Waals surface area contributed by atoms with Crippen molar-refractivity contribution in [2.24, 2.45) is 0 Å². The van der Waals surface area contributed by atoms with Crippen molar-refractivity contribution in [3.8, 4) is 5.75 Å². The van der Waals surface area contributed by atoms with E-state index in [0.717, 1.165) is 6.07 Å². The third-order valence-corrected chi connectivity index (χ3v) is 2.54. The number of aliphatic hydroxyl groups is 1. The van der Waals surface area contributed by atoms with Gasteiger partial charge >= 0.3 is 0 Å². The van der Waals surface area contributed by atoms with Gasteiger partial charge in [0.15, 0.2) is 0 Å². The molecule has 78 valence electrons. The maximum absolute atomic E-state index is 13.4. The van der Waals surface area contributed by atoms with Gasteiger partial charge in [-0.15, -0.1) is 0 Å². The van der Waals surface area contributed by atoms with Crippen LogP contribution in [-0.4, -0.2) is 12.2 Å². The highest BCUT2D eigenvalue weighted by Gasteiger charge is 2.20. The minimum atomic E-state index is -1.20. The van der Waals surface area contributed by atoms with E-state index >= 15 is 0 Å². The van der Waals surface area contributed by atoms with Crippen molar-refractivity contribution >= 4 is 15.9 Å². The molecule has 14 heavy (non-hydrogen) atoms. The molecule has 1 aromatic carbocycles. The van der Waals surface area contributed by atoms with Crippen LogP contribution in [0, 0.1) is 11.6 Å². The van der Waals surface area contributed by atoms with Gasteiger partial charge in [-0.2, -0.15) is 0 Å². The first-order chi connectivity index (χ1) is 6.49. The first kappa shape index (κ1) is 11.4. The van der Waals surface area contributed by atoms with E-state index in [4.69, 9.17) is 9.84 Å². The average molecular weight is 267 g/mol. The van der Waals surface area contributed by atoms with Gasteiger partial charge in [-0.25, -0.2) is 8.78 Å². The SMILES string of the molecule is COc1cc(F)c(C(C)O)c(F)c1Br. The lowest BCUT2D eigenvalue weighted by Gasteiger charge is -2.11. The van der Waals surface area contributed by atoms with Crippen molar-refractivity contribution in [3.05, 3.63) is 27.7 Å². The zero-order valence-corrected chi connectivity index (χ0v) is 9.23. The van der Waals surface area contributed by atoms with Gasteiger partial charge in [-0.1, -0.05) is 0 Å². The molecule has 1 unspecified atom stereocenters. The first-order valence-electron chi connectivity index (χ1n) is 3.88. The van der Waals surface area contributed by atoms with Crippen molar-refractivity contribution in [2.45, 2.75) is 13.0 Å². The maximum atomic E-state index is 13.4. The molecule has 1 N–H and O–H groups in total. The molecule has 1 rings (SSSR count). The fourth-order valence-electron chi connectivity index (χ4n) is 1.12. The molecule has 2 nitrogen and oxygen atoms in total. The van der Waals surface area contributed by atoms with Gasteiger partial charge in [0.2, 0.25) is 0 Å². The average Bonchev–Trinajstić information content (AvgIpc) is 2.10. The lowest BCUT2D eigenvalue weighted by Crippen LogP contribution is -2.02. The molecule has 0 radical (unpaired) electrons. The maximum Gasteiger partial charge on any atom is 0.149 e. The second kappa shape index (κ2) is 4.23. The van der Waals surface area contributed by atoms with E-state index < -0.39 is 17.7 Å². The predicted octanol–water partition coefficient (Wildman–Crippen LogP) is 2.79. The third-order valence-electron chi connectivity index (χ3n) is 1.80. The topological polar surface area (TPSA) is 29.5 Å². The first-order valence-corrected chi connectivity index (χ1v) is 4.67. The number of halogens is 3. The molecule has 0 aliphatic rings. The van der Waals surface area contributed by atoms with Crippen LogP contribution < -0.4 is 4.74 Å². The summed E-state index contributed by atoms with van der Waals surface area (Å²) in [6, 6.07) is 1.02. The number of hydrogen-bond donors (Lipinski definition) is 1. The molecular weight excluding hydrogens is 258 g/mol. The Balaban J connectivity index is 3.41. The Morgan fingerprint density at radius 1 is 1.50 bits per heavy atom. The Morgan fingerprint density at radius 3 is 2.50 bits per heavy atom. The largest absolute Gasteiger partial charge is 0.495 e. The molecule has 0 saturated carbocycles. The predicted molar refractivity (Wildman–Crippen MR) is 51.2 cm³/mol. The molecule has 0 aromatic heterocycles. The molecule has 0 heterocycles. The fraction of sp³-hybridized carbons (Fsp3) is 0.333. The summed E-state index contributed by atoms with van der Waals surface area (Å²) in [6.07, 6.45) is -1.20. The monoisotopic (exact) mass is 266 g/mol. The second-order valence-corrected chi connectivity index (χ2v) is 3.57. The normalized spacial score (nSPS) is 12.7. The van der Waals surface area contributed by atoms with Crippen LogP contribution >= 0.6 is 15.9 Å². The molecule has 5 heteroatoms. The molecule has 0 fully saturated rings. The molecule has 1 aromatic rings. The van der Waals surface area contributed by atoms with Crippen LogP contribution in [0.5, 0.6) is 5.75 Å². The van der Waals surface area contributed by atoms with Crippen LogP contribution in [0.3, 0.4) is 0 Å². The molecular formula is C9H9BrF2O2. The summed E-state index contributed by atoms with van der Waals surface area (Å²) in [6.45, 7) is 1.29. The summed E-state index contributed by atoms with van der Waals surface area (Å²) in [5, 5.41) is 9.13. The summed E-state index contributed by atoms with van der Waals surface area (Å²) in [4.78, 5) is 0. The van der Waals surface area contributed by atoms with Gasteiger partial charge in [-0.05, 0) is 22.9 Å². The number of methoxy groups -OCH3 is 1. The highest BCUT2D eigenvalue weighted by Crippen LogP contribution is 2.34. The molecule has 1 atom stereocenters. The van der Waals surface area contributed by atoms with Gasteiger partial charge in [0, 0.05) is 6.07 Å². The van der Waals surface area contributed by atoms with Crippen LogP contribution in [0.2, 0.25) is 0 Å². The summed E-state index contributed by atoms with van der Waals surface area (Å²) in [5.74, 6) is -1.60. The minimum absolute atomic E-state index is 0.0114. The zero-order chi connectivity index (χ0) is 10.9. The molecule has 0 aliphatic carbocycles. The van der Waals surface area contributed by atoms with Crippen LogP contribution in [0.4, 0.5) is 8.78 Å².